The highest BCUT2D eigenvalue weighted by Crippen LogP contribution is 2.39. The van der Waals surface area contributed by atoms with Crippen molar-refractivity contribution in [2.75, 3.05) is 25.6 Å². The summed E-state index contributed by atoms with van der Waals surface area (Å²) in [6.45, 7) is -1.65. The molecule has 0 aliphatic carbocycles. The van der Waals surface area contributed by atoms with Gasteiger partial charge in [-0.05, 0) is 11.6 Å². The third-order valence-corrected chi connectivity index (χ3v) is 3.90. The van der Waals surface area contributed by atoms with Gasteiger partial charge in [-0.25, -0.2) is 14.0 Å². The van der Waals surface area contributed by atoms with Crippen molar-refractivity contribution in [1.29, 1.82) is 0 Å². The Bertz CT molecular complexity index is 800. The summed E-state index contributed by atoms with van der Waals surface area (Å²) in [6.07, 6.45) is -4.90. The Morgan fingerprint density at radius 3 is 2.89 bits per heavy atom. The summed E-state index contributed by atoms with van der Waals surface area (Å²) in [7, 11) is 1.11. The minimum atomic E-state index is -2.29. The number of nitrogens with one attached hydrogen (secondary N) is 1. The van der Waals surface area contributed by atoms with Crippen LogP contribution in [0.1, 0.15) is 6.23 Å². The average Bonchev–Trinajstić information content (AvgIpc) is 2.91. The van der Waals surface area contributed by atoms with Crippen LogP contribution < -0.4 is 11.0 Å². The summed E-state index contributed by atoms with van der Waals surface area (Å²) in [5.74, 6) is -0.908. The summed E-state index contributed by atoms with van der Waals surface area (Å²) < 4.78 is 24.7. The first-order valence-corrected chi connectivity index (χ1v) is 7.55. The number of hydrogen-bond acceptors (Lipinski definition) is 10. The smallest absolute Gasteiger partial charge is 0.351 e. The molecular weight excluding hydrogens is 371 g/mol. The molecule has 14 heteroatoms. The second-order valence-electron chi connectivity index (χ2n) is 5.50. The number of alkyl halides is 1. The van der Waals surface area contributed by atoms with Crippen molar-refractivity contribution in [3.8, 4) is 0 Å². The van der Waals surface area contributed by atoms with Gasteiger partial charge in [0.25, 0.3) is 0 Å². The molecule has 1 fully saturated rings. The Morgan fingerprint density at radius 1 is 1.67 bits per heavy atom. The largest absolute Gasteiger partial charge is 0.467 e. The van der Waals surface area contributed by atoms with E-state index in [4.69, 9.17) is 15.4 Å². The topological polar surface area (TPSA) is 192 Å². The summed E-state index contributed by atoms with van der Waals surface area (Å²) in [6, 6.07) is 0.00494. The standard InChI is InChI=1S/C13H17FN6O7/c1-26-11(24)6(4-21)16-7-2-3-20(12(25)17-7)10-8(14)9(23)13(5-22,27-10)18-19-15/h2-3,6,8-10,21-23H,4-5H2,1H3,(H,16,17,25)/t6-,8-,9?,10+,13+/m0/s1. The van der Waals surface area contributed by atoms with Gasteiger partial charge in [-0.3, -0.25) is 4.57 Å². The van der Waals surface area contributed by atoms with Crippen LogP contribution in [0.25, 0.3) is 10.4 Å². The van der Waals surface area contributed by atoms with Gasteiger partial charge in [-0.15, -0.1) is 0 Å². The number of rotatable bonds is 7. The second-order valence-corrected chi connectivity index (χ2v) is 5.50. The molecular formula is C13H17FN6O7. The Balaban J connectivity index is 2.29. The molecule has 1 saturated heterocycles. The zero-order valence-corrected chi connectivity index (χ0v) is 14.0. The van der Waals surface area contributed by atoms with Crippen molar-refractivity contribution < 1.29 is 34.0 Å². The molecule has 2 heterocycles. The molecule has 0 radical (unpaired) electrons. The van der Waals surface area contributed by atoms with E-state index in [1.165, 1.54) is 6.07 Å². The summed E-state index contributed by atoms with van der Waals surface area (Å²) in [5.41, 5.74) is 5.21. The van der Waals surface area contributed by atoms with Gasteiger partial charge in [0.05, 0.1) is 20.3 Å². The molecule has 1 aromatic heterocycles. The van der Waals surface area contributed by atoms with Gasteiger partial charge in [-0.2, -0.15) is 4.98 Å². The van der Waals surface area contributed by atoms with E-state index in [9.17, 15) is 24.2 Å². The number of ether oxygens (including phenoxy) is 2. The van der Waals surface area contributed by atoms with Crippen LogP contribution in [0.4, 0.5) is 10.2 Å². The van der Waals surface area contributed by atoms with Gasteiger partial charge in [0.1, 0.15) is 18.0 Å². The van der Waals surface area contributed by atoms with Crippen molar-refractivity contribution in [1.82, 2.24) is 9.55 Å². The minimum absolute atomic E-state index is 0.113. The van der Waals surface area contributed by atoms with Crippen LogP contribution in [-0.4, -0.2) is 75.2 Å². The van der Waals surface area contributed by atoms with E-state index in [0.29, 0.717) is 4.57 Å². The predicted molar refractivity (Wildman–Crippen MR) is 85.0 cm³/mol. The van der Waals surface area contributed by atoms with Crippen LogP contribution in [0.5, 0.6) is 0 Å². The van der Waals surface area contributed by atoms with Crippen LogP contribution in [0.15, 0.2) is 22.2 Å². The molecule has 0 spiro atoms. The van der Waals surface area contributed by atoms with Crippen molar-refractivity contribution in [2.45, 2.75) is 30.3 Å². The summed E-state index contributed by atoms with van der Waals surface area (Å²) in [5, 5.41) is 33.9. The molecule has 27 heavy (non-hydrogen) atoms. The van der Waals surface area contributed by atoms with Crippen LogP contribution in [0.3, 0.4) is 0 Å². The van der Waals surface area contributed by atoms with Gasteiger partial charge in [0, 0.05) is 11.1 Å². The first-order valence-electron chi connectivity index (χ1n) is 7.55. The quantitative estimate of drug-likeness (QED) is 0.184. The number of aromatic nitrogens is 2. The normalized spacial score (nSPS) is 28.3. The molecule has 1 unspecified atom stereocenters. The molecule has 0 aromatic carbocycles. The monoisotopic (exact) mass is 388 g/mol. The highest BCUT2D eigenvalue weighted by atomic mass is 19.1. The lowest BCUT2D eigenvalue weighted by atomic mass is 10.1. The third-order valence-electron chi connectivity index (χ3n) is 3.90. The predicted octanol–water partition coefficient (Wildman–Crippen LogP) is -1.58. The Labute approximate surface area is 150 Å². The van der Waals surface area contributed by atoms with Gasteiger partial charge in [-0.1, -0.05) is 5.11 Å². The van der Waals surface area contributed by atoms with Crippen molar-refractivity contribution >= 4 is 11.8 Å². The van der Waals surface area contributed by atoms with Gasteiger partial charge >= 0.3 is 11.7 Å². The van der Waals surface area contributed by atoms with Crippen molar-refractivity contribution in [3.05, 3.63) is 33.2 Å². The van der Waals surface area contributed by atoms with Crippen LogP contribution >= 0.6 is 0 Å². The summed E-state index contributed by atoms with van der Waals surface area (Å²) >= 11 is 0. The average molecular weight is 388 g/mol. The van der Waals surface area contributed by atoms with E-state index in [1.807, 2.05) is 0 Å². The lowest BCUT2D eigenvalue weighted by Crippen LogP contribution is -2.43. The Hall–Kier alpha value is -2.77. The van der Waals surface area contributed by atoms with E-state index < -0.39 is 55.1 Å². The maximum absolute atomic E-state index is 14.4. The lowest BCUT2D eigenvalue weighted by Gasteiger charge is -2.23. The fraction of sp³-hybridized carbons (Fsp3) is 0.615. The minimum Gasteiger partial charge on any atom is -0.467 e. The van der Waals surface area contributed by atoms with E-state index in [-0.39, 0.29) is 5.82 Å². The zero-order valence-electron chi connectivity index (χ0n) is 14.0. The zero-order chi connectivity index (χ0) is 20.2. The molecule has 13 nitrogen and oxygen atoms in total. The molecule has 4 N–H and O–H groups in total. The number of carbonyl (C=O) groups excluding carboxylic acids is 1. The fourth-order valence-corrected chi connectivity index (χ4v) is 2.47. The number of aliphatic hydroxyl groups excluding tert-OH is 3. The number of hydrogen-bond donors (Lipinski definition) is 4. The van der Waals surface area contributed by atoms with Gasteiger partial charge in [0.15, 0.2) is 12.4 Å². The van der Waals surface area contributed by atoms with Crippen molar-refractivity contribution in [2.24, 2.45) is 5.11 Å². The van der Waals surface area contributed by atoms with E-state index in [2.05, 4.69) is 25.1 Å². The number of nitrogens with zero attached hydrogens (tertiary/aromatic N) is 5. The van der Waals surface area contributed by atoms with Crippen LogP contribution in [0.2, 0.25) is 0 Å². The van der Waals surface area contributed by atoms with E-state index in [0.717, 1.165) is 13.3 Å². The SMILES string of the molecule is COC(=O)[C@H](CO)Nc1ccn([C@@H]2O[C@@](CO)(N=[N+]=[N-])C(O)[C@@H]2F)c(=O)n1. The Kier molecular flexibility index (Phi) is 6.30. The molecule has 0 amide bonds. The highest BCUT2D eigenvalue weighted by Gasteiger charge is 2.56. The van der Waals surface area contributed by atoms with Crippen molar-refractivity contribution in [3.63, 3.8) is 0 Å². The van der Waals surface area contributed by atoms with Crippen LogP contribution in [0, 0.1) is 0 Å². The number of halogens is 1. The third kappa shape index (κ3) is 3.84. The maximum Gasteiger partial charge on any atom is 0.351 e. The maximum atomic E-state index is 14.4. The molecule has 1 aromatic rings. The number of esters is 1. The summed E-state index contributed by atoms with van der Waals surface area (Å²) in [4.78, 5) is 29.6. The molecule has 2 rings (SSSR count). The van der Waals surface area contributed by atoms with E-state index >= 15 is 0 Å². The molecule has 5 atom stereocenters. The molecule has 1 aliphatic heterocycles. The Morgan fingerprint density at radius 2 is 2.37 bits per heavy atom. The van der Waals surface area contributed by atoms with E-state index in [1.54, 1.807) is 0 Å². The number of carbonyl (C=O) groups is 1. The number of methoxy groups -OCH3 is 1. The molecule has 0 saturated carbocycles. The first kappa shape index (κ1) is 20.5. The number of azide groups is 1. The first-order chi connectivity index (χ1) is 12.8. The molecule has 148 valence electrons. The molecule has 1 aliphatic rings. The van der Waals surface area contributed by atoms with Gasteiger partial charge < -0.3 is 30.1 Å². The second kappa shape index (κ2) is 8.28. The molecule has 0 bridgehead atoms. The highest BCUT2D eigenvalue weighted by molar-refractivity contribution is 5.78. The number of aliphatic hydroxyl groups is 3. The fourth-order valence-electron chi connectivity index (χ4n) is 2.47. The van der Waals surface area contributed by atoms with Gasteiger partial charge in [0.2, 0.25) is 5.72 Å². The van der Waals surface area contributed by atoms with Crippen LogP contribution in [-0.2, 0) is 14.3 Å². The lowest BCUT2D eigenvalue weighted by molar-refractivity contribution is -0.142. The number of anilines is 1.